The summed E-state index contributed by atoms with van der Waals surface area (Å²) < 4.78 is 102. The van der Waals surface area contributed by atoms with Gasteiger partial charge in [0.1, 0.15) is 0 Å². The summed E-state index contributed by atoms with van der Waals surface area (Å²) in [6.07, 6.45) is -12.1. The van der Waals surface area contributed by atoms with E-state index < -0.39 is 34.1 Å². The average Bonchev–Trinajstić information content (AvgIpc) is 2.55. The van der Waals surface area contributed by atoms with Crippen molar-refractivity contribution in [2.24, 2.45) is 0 Å². The molecule has 1 atom stereocenters. The third-order valence-electron chi connectivity index (χ3n) is 2.79. The normalized spacial score (nSPS) is 13.4. The summed E-state index contributed by atoms with van der Waals surface area (Å²) in [6.45, 7) is 0. The molecule has 0 amide bonds. The predicted molar refractivity (Wildman–Crippen MR) is 80.5 cm³/mol. The van der Waals surface area contributed by atoms with Crippen LogP contribution >= 0.6 is 0 Å². The highest BCUT2D eigenvalue weighted by atomic mass is 127. The zero-order valence-electron chi connectivity index (χ0n) is 13.3. The van der Waals surface area contributed by atoms with Crippen molar-refractivity contribution in [3.63, 3.8) is 0 Å². The van der Waals surface area contributed by atoms with Gasteiger partial charge in [0.05, 0.1) is 6.42 Å². The fourth-order valence-corrected chi connectivity index (χ4v) is 4.23. The van der Waals surface area contributed by atoms with Crippen LogP contribution in [0.1, 0.15) is 6.42 Å². The average molecular weight is 526 g/mol. The first-order chi connectivity index (χ1) is 12.3. The predicted octanol–water partition coefficient (Wildman–Crippen LogP) is 1.23. The molecule has 0 N–H and O–H groups in total. The van der Waals surface area contributed by atoms with Crippen LogP contribution in [0.25, 0.3) is 0 Å². The van der Waals surface area contributed by atoms with E-state index in [9.17, 15) is 39.3 Å². The summed E-state index contributed by atoms with van der Waals surface area (Å²) in [5, 5.41) is -5.57. The first kappa shape index (κ1) is 23.7. The SMILES string of the molecule is O=S(=O)([O-])C(F)(F)C(F)CC(F)(F)F.c1ccc([I+]c2ccccc2)cc1. The second-order valence-electron chi connectivity index (χ2n) is 4.99. The van der Waals surface area contributed by atoms with Gasteiger partial charge in [0.25, 0.3) is 0 Å². The van der Waals surface area contributed by atoms with Gasteiger partial charge in [0.2, 0.25) is 0 Å². The topological polar surface area (TPSA) is 57.2 Å². The Morgan fingerprint density at radius 3 is 1.52 bits per heavy atom. The molecule has 3 nitrogen and oxygen atoms in total. The molecule has 11 heteroatoms. The highest BCUT2D eigenvalue weighted by Gasteiger charge is 2.51. The van der Waals surface area contributed by atoms with Crippen LogP contribution in [0, 0.1) is 7.14 Å². The lowest BCUT2D eigenvalue weighted by Gasteiger charge is -2.23. The van der Waals surface area contributed by atoms with E-state index in [0.29, 0.717) is 0 Å². The van der Waals surface area contributed by atoms with Gasteiger partial charge < -0.3 is 4.55 Å². The van der Waals surface area contributed by atoms with Crippen LogP contribution in [-0.4, -0.2) is 30.6 Å². The van der Waals surface area contributed by atoms with Gasteiger partial charge in [-0.25, -0.2) is 12.8 Å². The molecule has 2 rings (SSSR count). The van der Waals surface area contributed by atoms with Gasteiger partial charge in [-0.05, 0) is 24.3 Å². The summed E-state index contributed by atoms with van der Waals surface area (Å²) in [6, 6.07) is 21.4. The standard InChI is InChI=1S/C12H10I.C4H4F6O3S/c1-3-7-11(8-4-1)13-12-9-5-2-6-10-12;5-2(1-3(6,7)8)4(9,10)14(11,12)13/h1-10H;2H,1H2,(H,11,12,13)/q+1;/p-1. The molecule has 27 heavy (non-hydrogen) atoms. The molecule has 1 unspecified atom stereocenters. The zero-order chi connectivity index (χ0) is 20.7. The third-order valence-corrected chi connectivity index (χ3v) is 6.40. The molecule has 0 aliphatic carbocycles. The van der Waals surface area contributed by atoms with E-state index in [1.165, 1.54) is 7.14 Å². The van der Waals surface area contributed by atoms with E-state index in [4.69, 9.17) is 0 Å². The third kappa shape index (κ3) is 8.47. The molecule has 0 aliphatic heterocycles. The Labute approximate surface area is 162 Å². The molecule has 0 radical (unpaired) electrons. The van der Waals surface area contributed by atoms with Gasteiger partial charge in [0, 0.05) is 0 Å². The first-order valence-electron chi connectivity index (χ1n) is 7.12. The van der Waals surface area contributed by atoms with Crippen molar-refractivity contribution in [1.82, 2.24) is 0 Å². The summed E-state index contributed by atoms with van der Waals surface area (Å²) in [5.74, 6) is 0. The van der Waals surface area contributed by atoms with Gasteiger partial charge in [-0.15, -0.1) is 0 Å². The van der Waals surface area contributed by atoms with Crippen LogP contribution in [0.3, 0.4) is 0 Å². The van der Waals surface area contributed by atoms with E-state index in [1.807, 2.05) is 0 Å². The van der Waals surface area contributed by atoms with Crippen LogP contribution in [-0.2, 0) is 10.1 Å². The lowest BCUT2D eigenvalue weighted by molar-refractivity contribution is -0.597. The highest BCUT2D eigenvalue weighted by molar-refractivity contribution is 7.86. The lowest BCUT2D eigenvalue weighted by atomic mass is 10.3. The number of hydrogen-bond donors (Lipinski definition) is 0. The zero-order valence-corrected chi connectivity index (χ0v) is 16.3. The van der Waals surface area contributed by atoms with Crippen molar-refractivity contribution in [3.8, 4) is 0 Å². The Morgan fingerprint density at radius 2 is 1.22 bits per heavy atom. The largest absolute Gasteiger partial charge is 0.743 e. The minimum atomic E-state index is -6.43. The maximum Gasteiger partial charge on any atom is 0.392 e. The lowest BCUT2D eigenvalue weighted by Crippen LogP contribution is -3.61. The molecule has 0 saturated heterocycles. The Kier molecular flexibility index (Phi) is 8.54. The minimum absolute atomic E-state index is 0.0287. The van der Waals surface area contributed by atoms with Crippen molar-refractivity contribution in [2.45, 2.75) is 24.0 Å². The molecule has 0 fully saturated rings. The van der Waals surface area contributed by atoms with E-state index in [2.05, 4.69) is 60.7 Å². The van der Waals surface area contributed by atoms with Crippen LogP contribution in [0.4, 0.5) is 26.3 Å². The molecular formula is C16H13F6IO3S. The maximum atomic E-state index is 12.1. The van der Waals surface area contributed by atoms with Crippen molar-refractivity contribution in [1.29, 1.82) is 0 Å². The van der Waals surface area contributed by atoms with Crippen molar-refractivity contribution >= 4 is 10.1 Å². The second-order valence-corrected chi connectivity index (χ2v) is 9.47. The number of hydrogen-bond acceptors (Lipinski definition) is 3. The van der Waals surface area contributed by atoms with E-state index in [-0.39, 0.29) is 21.2 Å². The minimum Gasteiger partial charge on any atom is -0.743 e. The quantitative estimate of drug-likeness (QED) is 0.335. The van der Waals surface area contributed by atoms with Crippen LogP contribution < -0.4 is 21.2 Å². The molecule has 0 bridgehead atoms. The number of rotatable bonds is 5. The summed E-state index contributed by atoms with van der Waals surface area (Å²) >= 11 is 0.0287. The molecule has 0 aromatic heterocycles. The van der Waals surface area contributed by atoms with Gasteiger partial charge in [-0.2, -0.15) is 22.0 Å². The molecular weight excluding hydrogens is 513 g/mol. The van der Waals surface area contributed by atoms with Crippen LogP contribution in [0.5, 0.6) is 0 Å². The fraction of sp³-hybridized carbons (Fsp3) is 0.250. The molecule has 0 aliphatic rings. The summed E-state index contributed by atoms with van der Waals surface area (Å²) in [5.41, 5.74) is 0. The Balaban J connectivity index is 0.000000270. The Bertz CT molecular complexity index is 760. The number of benzene rings is 2. The summed E-state index contributed by atoms with van der Waals surface area (Å²) in [4.78, 5) is 0. The Morgan fingerprint density at radius 1 is 0.852 bits per heavy atom. The molecule has 0 heterocycles. The maximum absolute atomic E-state index is 12.1. The van der Waals surface area contributed by atoms with Crippen molar-refractivity contribution < 1.29 is 60.5 Å². The fourth-order valence-electron chi connectivity index (χ4n) is 1.56. The molecule has 150 valence electrons. The van der Waals surface area contributed by atoms with Crippen LogP contribution in [0.15, 0.2) is 60.7 Å². The number of alkyl halides is 6. The summed E-state index contributed by atoms with van der Waals surface area (Å²) in [7, 11) is -6.43. The number of halogens is 7. The van der Waals surface area contributed by atoms with Gasteiger partial charge >= 0.3 is 32.6 Å². The van der Waals surface area contributed by atoms with Gasteiger partial charge in [-0.3, -0.25) is 0 Å². The van der Waals surface area contributed by atoms with Crippen molar-refractivity contribution in [2.75, 3.05) is 0 Å². The highest BCUT2D eigenvalue weighted by Crippen LogP contribution is 2.34. The van der Waals surface area contributed by atoms with Crippen molar-refractivity contribution in [3.05, 3.63) is 67.8 Å². The molecule has 2 aromatic rings. The monoisotopic (exact) mass is 526 g/mol. The van der Waals surface area contributed by atoms with Gasteiger partial charge in [-0.1, -0.05) is 36.4 Å². The molecule has 2 aromatic carbocycles. The van der Waals surface area contributed by atoms with Crippen LogP contribution in [0.2, 0.25) is 0 Å². The second kappa shape index (κ2) is 9.73. The van der Waals surface area contributed by atoms with E-state index >= 15 is 0 Å². The molecule has 0 saturated carbocycles. The van der Waals surface area contributed by atoms with E-state index in [0.717, 1.165) is 0 Å². The van der Waals surface area contributed by atoms with E-state index in [1.54, 1.807) is 0 Å². The van der Waals surface area contributed by atoms with Gasteiger partial charge in [0.15, 0.2) is 23.4 Å². The first-order valence-corrected chi connectivity index (χ1v) is 10.7. The molecule has 0 spiro atoms. The smallest absolute Gasteiger partial charge is 0.392 e. The Hall–Kier alpha value is -1.34.